The molecule has 3 rings (SSSR count). The average molecular weight is 325 g/mol. The molecule has 0 saturated carbocycles. The van der Waals surface area contributed by atoms with Gasteiger partial charge in [-0.05, 0) is 37.0 Å². The lowest BCUT2D eigenvalue weighted by Gasteiger charge is -2.39. The van der Waals surface area contributed by atoms with Crippen LogP contribution in [0.3, 0.4) is 0 Å². The van der Waals surface area contributed by atoms with Crippen molar-refractivity contribution in [3.05, 3.63) is 48.4 Å². The molecule has 2 atom stereocenters. The van der Waals surface area contributed by atoms with E-state index in [-0.39, 0.29) is 11.9 Å². The molecule has 6 heteroatoms. The topological polar surface area (TPSA) is 84.1 Å². The monoisotopic (exact) mass is 325 g/mol. The molecule has 1 saturated heterocycles. The third-order valence-corrected chi connectivity index (χ3v) is 4.56. The number of piperidine rings is 1. The van der Waals surface area contributed by atoms with Crippen molar-refractivity contribution in [1.82, 2.24) is 14.9 Å². The highest BCUT2D eigenvalue weighted by Crippen LogP contribution is 2.25. The first-order chi connectivity index (χ1) is 11.7. The zero-order valence-electron chi connectivity index (χ0n) is 13.9. The molecule has 24 heavy (non-hydrogen) atoms. The van der Waals surface area contributed by atoms with E-state index in [0.717, 1.165) is 25.1 Å². The number of hydrogen-bond acceptors (Lipinski definition) is 5. The molecule has 1 aromatic heterocycles. The van der Waals surface area contributed by atoms with E-state index in [1.165, 1.54) is 0 Å². The summed E-state index contributed by atoms with van der Waals surface area (Å²) >= 11 is 0. The highest BCUT2D eigenvalue weighted by molar-refractivity contribution is 5.95. The Balaban J connectivity index is 1.79. The molecule has 2 aromatic rings. The van der Waals surface area contributed by atoms with Gasteiger partial charge in [-0.25, -0.2) is 4.98 Å². The molecule has 126 valence electrons. The van der Waals surface area contributed by atoms with Gasteiger partial charge < -0.3 is 16.0 Å². The number of rotatable bonds is 4. The Morgan fingerprint density at radius 1 is 1.42 bits per heavy atom. The lowest BCUT2D eigenvalue weighted by molar-refractivity contribution is 0.0532. The summed E-state index contributed by atoms with van der Waals surface area (Å²) in [5, 5.41) is 3.17. The molecule has 1 aromatic carbocycles. The number of carbonyl (C=O) groups excluding carboxylic acids is 1. The molecule has 1 aliphatic heterocycles. The minimum absolute atomic E-state index is 0.0415. The second-order valence-corrected chi connectivity index (χ2v) is 6.22. The van der Waals surface area contributed by atoms with Gasteiger partial charge in [0.2, 0.25) is 0 Å². The Labute approximate surface area is 142 Å². The van der Waals surface area contributed by atoms with Gasteiger partial charge in [-0.2, -0.15) is 0 Å². The SMILES string of the molecule is CC1CCCN(C(=O)c2cccc(Nc3cnccn3)c2)C1CN. The number of nitrogens with two attached hydrogens (primary N) is 1. The number of hydrogen-bond donors (Lipinski definition) is 2. The summed E-state index contributed by atoms with van der Waals surface area (Å²) in [7, 11) is 0. The first-order valence-corrected chi connectivity index (χ1v) is 8.33. The van der Waals surface area contributed by atoms with Crippen LogP contribution in [0.4, 0.5) is 11.5 Å². The highest BCUT2D eigenvalue weighted by Gasteiger charge is 2.31. The summed E-state index contributed by atoms with van der Waals surface area (Å²) in [5.41, 5.74) is 7.39. The van der Waals surface area contributed by atoms with Crippen molar-refractivity contribution in [2.75, 3.05) is 18.4 Å². The molecule has 6 nitrogen and oxygen atoms in total. The van der Waals surface area contributed by atoms with Crippen LogP contribution < -0.4 is 11.1 Å². The number of nitrogens with zero attached hydrogens (tertiary/aromatic N) is 3. The van der Waals surface area contributed by atoms with E-state index < -0.39 is 0 Å². The molecule has 1 amide bonds. The quantitative estimate of drug-likeness (QED) is 0.902. The van der Waals surface area contributed by atoms with Gasteiger partial charge in [0, 0.05) is 42.8 Å². The van der Waals surface area contributed by atoms with Crippen molar-refractivity contribution in [2.45, 2.75) is 25.8 Å². The van der Waals surface area contributed by atoms with Crippen molar-refractivity contribution in [2.24, 2.45) is 11.7 Å². The van der Waals surface area contributed by atoms with Crippen LogP contribution in [-0.4, -0.2) is 39.9 Å². The lowest BCUT2D eigenvalue weighted by atomic mass is 9.90. The Morgan fingerprint density at radius 3 is 3.04 bits per heavy atom. The fraction of sp³-hybridized carbons (Fsp3) is 0.389. The molecule has 0 aliphatic carbocycles. The maximum absolute atomic E-state index is 12.9. The van der Waals surface area contributed by atoms with Crippen LogP contribution in [0.1, 0.15) is 30.1 Å². The van der Waals surface area contributed by atoms with E-state index in [1.807, 2.05) is 29.2 Å². The first kappa shape index (κ1) is 16.4. The molecule has 2 unspecified atom stereocenters. The van der Waals surface area contributed by atoms with Gasteiger partial charge in [0.1, 0.15) is 5.82 Å². The van der Waals surface area contributed by atoms with E-state index in [0.29, 0.717) is 23.8 Å². The highest BCUT2D eigenvalue weighted by atomic mass is 16.2. The maximum Gasteiger partial charge on any atom is 0.254 e. The molecule has 2 heterocycles. The summed E-state index contributed by atoms with van der Waals surface area (Å²) in [5.74, 6) is 1.13. The molecule has 0 bridgehead atoms. The van der Waals surface area contributed by atoms with Crippen molar-refractivity contribution in [1.29, 1.82) is 0 Å². The first-order valence-electron chi connectivity index (χ1n) is 8.33. The zero-order valence-corrected chi connectivity index (χ0v) is 13.9. The molecule has 1 fully saturated rings. The molecule has 0 spiro atoms. The van der Waals surface area contributed by atoms with Crippen molar-refractivity contribution >= 4 is 17.4 Å². The van der Waals surface area contributed by atoms with Crippen LogP contribution in [-0.2, 0) is 0 Å². The zero-order chi connectivity index (χ0) is 16.9. The van der Waals surface area contributed by atoms with Crippen LogP contribution in [0.25, 0.3) is 0 Å². The van der Waals surface area contributed by atoms with E-state index in [9.17, 15) is 4.79 Å². The number of amides is 1. The number of benzene rings is 1. The maximum atomic E-state index is 12.9. The number of likely N-dealkylation sites (tertiary alicyclic amines) is 1. The van der Waals surface area contributed by atoms with Crippen LogP contribution in [0.15, 0.2) is 42.9 Å². The Kier molecular flexibility index (Phi) is 5.05. The minimum atomic E-state index is 0.0415. The summed E-state index contributed by atoms with van der Waals surface area (Å²) in [6, 6.07) is 7.59. The van der Waals surface area contributed by atoms with Crippen molar-refractivity contribution in [3.8, 4) is 0 Å². The molecular formula is C18H23N5O. The standard InChI is InChI=1S/C18H23N5O/c1-13-4-3-9-23(16(13)11-19)18(24)14-5-2-6-15(10-14)22-17-12-20-7-8-21-17/h2,5-8,10,12-13,16H,3-4,9,11,19H2,1H3,(H,21,22). The molecule has 1 aliphatic rings. The van der Waals surface area contributed by atoms with Gasteiger partial charge in [0.05, 0.1) is 6.20 Å². The second-order valence-electron chi connectivity index (χ2n) is 6.22. The van der Waals surface area contributed by atoms with Crippen molar-refractivity contribution < 1.29 is 4.79 Å². The van der Waals surface area contributed by atoms with E-state index in [4.69, 9.17) is 5.73 Å². The smallest absolute Gasteiger partial charge is 0.254 e. The molecular weight excluding hydrogens is 302 g/mol. The fourth-order valence-corrected chi connectivity index (χ4v) is 3.27. The Morgan fingerprint density at radius 2 is 2.29 bits per heavy atom. The minimum Gasteiger partial charge on any atom is -0.339 e. The normalized spacial score (nSPS) is 20.7. The molecule has 3 N–H and O–H groups in total. The summed E-state index contributed by atoms with van der Waals surface area (Å²) in [6.45, 7) is 3.44. The fourth-order valence-electron chi connectivity index (χ4n) is 3.27. The van der Waals surface area contributed by atoms with Crippen molar-refractivity contribution in [3.63, 3.8) is 0 Å². The van der Waals surface area contributed by atoms with Gasteiger partial charge in [-0.1, -0.05) is 13.0 Å². The van der Waals surface area contributed by atoms with Gasteiger partial charge in [0.15, 0.2) is 0 Å². The van der Waals surface area contributed by atoms with Gasteiger partial charge in [-0.15, -0.1) is 0 Å². The van der Waals surface area contributed by atoms with E-state index in [1.54, 1.807) is 18.6 Å². The summed E-state index contributed by atoms with van der Waals surface area (Å²) in [4.78, 5) is 23.1. The van der Waals surface area contributed by atoms with E-state index >= 15 is 0 Å². The largest absolute Gasteiger partial charge is 0.339 e. The number of anilines is 2. The van der Waals surface area contributed by atoms with Crippen LogP contribution in [0, 0.1) is 5.92 Å². The Bertz CT molecular complexity index is 691. The third-order valence-electron chi connectivity index (χ3n) is 4.56. The average Bonchev–Trinajstić information content (AvgIpc) is 2.62. The van der Waals surface area contributed by atoms with Gasteiger partial charge >= 0.3 is 0 Å². The Hall–Kier alpha value is -2.47. The summed E-state index contributed by atoms with van der Waals surface area (Å²) < 4.78 is 0. The van der Waals surface area contributed by atoms with Crippen LogP contribution >= 0.6 is 0 Å². The lowest BCUT2D eigenvalue weighted by Crippen LogP contribution is -2.51. The van der Waals surface area contributed by atoms with E-state index in [2.05, 4.69) is 22.2 Å². The summed E-state index contributed by atoms with van der Waals surface area (Å²) in [6.07, 6.45) is 7.04. The predicted molar refractivity (Wildman–Crippen MR) is 94.0 cm³/mol. The van der Waals surface area contributed by atoms with Gasteiger partial charge in [0.25, 0.3) is 5.91 Å². The number of carbonyl (C=O) groups is 1. The van der Waals surface area contributed by atoms with Crippen LogP contribution in [0.2, 0.25) is 0 Å². The number of aromatic nitrogens is 2. The predicted octanol–water partition coefficient (Wildman–Crippen LogP) is 2.42. The third kappa shape index (κ3) is 3.54. The molecule has 0 radical (unpaired) electrons. The number of nitrogens with one attached hydrogen (secondary N) is 1. The van der Waals surface area contributed by atoms with Gasteiger partial charge in [-0.3, -0.25) is 9.78 Å². The van der Waals surface area contributed by atoms with Crippen LogP contribution in [0.5, 0.6) is 0 Å². The second kappa shape index (κ2) is 7.40.